The summed E-state index contributed by atoms with van der Waals surface area (Å²) in [6, 6.07) is 12.2. The summed E-state index contributed by atoms with van der Waals surface area (Å²) < 4.78 is 0. The number of carbonyl (C=O) groups is 1. The normalized spacial score (nSPS) is 18.6. The first-order chi connectivity index (χ1) is 11.7. The Morgan fingerprint density at radius 3 is 2.83 bits per heavy atom. The van der Waals surface area contributed by atoms with Gasteiger partial charge in [-0.3, -0.25) is 0 Å². The molecule has 2 N–H and O–H groups in total. The molecule has 1 aliphatic heterocycles. The van der Waals surface area contributed by atoms with Crippen molar-refractivity contribution in [2.45, 2.75) is 38.3 Å². The summed E-state index contributed by atoms with van der Waals surface area (Å²) in [5, 5.41) is 14.7. The number of aliphatic hydroxyl groups is 1. The van der Waals surface area contributed by atoms with Crippen LogP contribution >= 0.6 is 11.3 Å². The van der Waals surface area contributed by atoms with E-state index in [1.807, 2.05) is 18.2 Å². The summed E-state index contributed by atoms with van der Waals surface area (Å²) in [5.41, 5.74) is 2.41. The third kappa shape index (κ3) is 3.79. The predicted molar refractivity (Wildman–Crippen MR) is 97.3 cm³/mol. The van der Waals surface area contributed by atoms with E-state index in [4.69, 9.17) is 0 Å². The largest absolute Gasteiger partial charge is 0.394 e. The highest BCUT2D eigenvalue weighted by atomic mass is 32.1. The molecule has 3 rings (SSSR count). The smallest absolute Gasteiger partial charge is 0.318 e. The van der Waals surface area contributed by atoms with Gasteiger partial charge in [-0.05, 0) is 48.8 Å². The van der Waals surface area contributed by atoms with Gasteiger partial charge in [-0.25, -0.2) is 4.79 Å². The summed E-state index contributed by atoms with van der Waals surface area (Å²) in [6.07, 6.45) is 2.61. The number of aryl methyl sites for hydroxylation is 1. The van der Waals surface area contributed by atoms with Gasteiger partial charge in [0.25, 0.3) is 0 Å². The Morgan fingerprint density at radius 1 is 1.38 bits per heavy atom. The summed E-state index contributed by atoms with van der Waals surface area (Å²) in [4.78, 5) is 15.7. The van der Waals surface area contributed by atoms with Gasteiger partial charge in [0.2, 0.25) is 0 Å². The molecule has 2 aromatic rings. The summed E-state index contributed by atoms with van der Waals surface area (Å²) in [5.74, 6) is 0. The van der Waals surface area contributed by atoms with Crippen LogP contribution in [0.2, 0.25) is 0 Å². The topological polar surface area (TPSA) is 52.6 Å². The van der Waals surface area contributed by atoms with Crippen molar-refractivity contribution in [3.8, 4) is 0 Å². The van der Waals surface area contributed by atoms with Crippen LogP contribution in [0.1, 0.15) is 34.9 Å². The molecule has 1 aromatic carbocycles. The van der Waals surface area contributed by atoms with Gasteiger partial charge in [0, 0.05) is 11.4 Å². The molecule has 0 bridgehead atoms. The minimum absolute atomic E-state index is 0.0365. The fraction of sp³-hybridized carbons (Fsp3) is 0.421. The number of hydrogen-bond acceptors (Lipinski definition) is 3. The van der Waals surface area contributed by atoms with Crippen LogP contribution < -0.4 is 5.32 Å². The maximum absolute atomic E-state index is 12.7. The number of carbonyl (C=O) groups excluding carboxylic acids is 1. The first-order valence-corrected chi connectivity index (χ1v) is 9.33. The SMILES string of the molecule is Cc1ccsc1C(Cc1ccccc1)NC(=O)N1CCCC1CO. The zero-order chi connectivity index (χ0) is 16.9. The van der Waals surface area contributed by atoms with E-state index in [9.17, 15) is 9.90 Å². The van der Waals surface area contributed by atoms with Crippen LogP contribution in [0, 0.1) is 6.92 Å². The van der Waals surface area contributed by atoms with E-state index in [2.05, 4.69) is 35.8 Å². The Bertz CT molecular complexity index is 671. The highest BCUT2D eigenvalue weighted by Gasteiger charge is 2.30. The summed E-state index contributed by atoms with van der Waals surface area (Å²) in [6.45, 7) is 2.84. The van der Waals surface area contributed by atoms with E-state index in [-0.39, 0.29) is 24.7 Å². The standard InChI is InChI=1S/C19H24N2O2S/c1-14-9-11-24-18(14)17(12-15-6-3-2-4-7-15)20-19(23)21-10-5-8-16(21)13-22/h2-4,6-7,9,11,16-17,22H,5,8,10,12-13H2,1H3,(H,20,23). The van der Waals surface area contributed by atoms with Crippen molar-refractivity contribution in [1.29, 1.82) is 0 Å². The molecule has 2 unspecified atom stereocenters. The van der Waals surface area contributed by atoms with Gasteiger partial charge < -0.3 is 15.3 Å². The van der Waals surface area contributed by atoms with Crippen LogP contribution in [0.15, 0.2) is 41.8 Å². The van der Waals surface area contributed by atoms with Crippen LogP contribution in [-0.2, 0) is 6.42 Å². The number of hydrogen-bond donors (Lipinski definition) is 2. The van der Waals surface area contributed by atoms with E-state index in [0.29, 0.717) is 0 Å². The molecule has 4 nitrogen and oxygen atoms in total. The lowest BCUT2D eigenvalue weighted by Crippen LogP contribution is -2.45. The number of aliphatic hydroxyl groups excluding tert-OH is 1. The molecule has 1 fully saturated rings. The van der Waals surface area contributed by atoms with Gasteiger partial charge in [0.1, 0.15) is 0 Å². The van der Waals surface area contributed by atoms with Crippen LogP contribution in [0.25, 0.3) is 0 Å². The molecule has 2 atom stereocenters. The average molecular weight is 344 g/mol. The number of amides is 2. The Hall–Kier alpha value is -1.85. The molecule has 1 aliphatic rings. The van der Waals surface area contributed by atoms with Gasteiger partial charge in [-0.1, -0.05) is 30.3 Å². The van der Waals surface area contributed by atoms with Crippen molar-refractivity contribution in [3.05, 3.63) is 57.8 Å². The van der Waals surface area contributed by atoms with Gasteiger partial charge in [-0.2, -0.15) is 0 Å². The summed E-state index contributed by atoms with van der Waals surface area (Å²) >= 11 is 1.69. The molecule has 128 valence electrons. The van der Waals surface area contributed by atoms with Gasteiger partial charge >= 0.3 is 6.03 Å². The minimum Gasteiger partial charge on any atom is -0.394 e. The Labute approximate surface area is 147 Å². The molecule has 0 spiro atoms. The second kappa shape index (κ2) is 7.81. The molecule has 1 saturated heterocycles. The van der Waals surface area contributed by atoms with Crippen LogP contribution in [0.4, 0.5) is 4.79 Å². The van der Waals surface area contributed by atoms with Crippen molar-refractivity contribution >= 4 is 17.4 Å². The maximum Gasteiger partial charge on any atom is 0.318 e. The second-order valence-corrected chi connectivity index (χ2v) is 7.28. The summed E-state index contributed by atoms with van der Waals surface area (Å²) in [7, 11) is 0. The third-order valence-electron chi connectivity index (χ3n) is 4.65. The van der Waals surface area contributed by atoms with E-state index in [1.54, 1.807) is 16.2 Å². The van der Waals surface area contributed by atoms with Crippen molar-refractivity contribution in [1.82, 2.24) is 10.2 Å². The maximum atomic E-state index is 12.7. The van der Waals surface area contributed by atoms with Gasteiger partial charge in [0.05, 0.1) is 18.7 Å². The van der Waals surface area contributed by atoms with Gasteiger partial charge in [-0.15, -0.1) is 11.3 Å². The zero-order valence-corrected chi connectivity index (χ0v) is 14.8. The predicted octanol–water partition coefficient (Wildman–Crippen LogP) is 3.51. The molecule has 0 radical (unpaired) electrons. The molecule has 2 heterocycles. The first kappa shape index (κ1) is 17.0. The number of benzene rings is 1. The Balaban J connectivity index is 1.77. The minimum atomic E-state index is -0.0692. The lowest BCUT2D eigenvalue weighted by molar-refractivity contribution is 0.154. The average Bonchev–Trinajstić information content (AvgIpc) is 3.23. The van der Waals surface area contributed by atoms with Crippen molar-refractivity contribution < 1.29 is 9.90 Å². The van der Waals surface area contributed by atoms with Crippen molar-refractivity contribution in [3.63, 3.8) is 0 Å². The number of rotatable bonds is 5. The van der Waals surface area contributed by atoms with Crippen LogP contribution in [0.3, 0.4) is 0 Å². The monoisotopic (exact) mass is 344 g/mol. The van der Waals surface area contributed by atoms with E-state index in [0.717, 1.165) is 25.8 Å². The molecular formula is C19H24N2O2S. The molecule has 1 aromatic heterocycles. The molecule has 0 aliphatic carbocycles. The number of urea groups is 1. The van der Waals surface area contributed by atoms with E-state index < -0.39 is 0 Å². The van der Waals surface area contributed by atoms with E-state index >= 15 is 0 Å². The number of likely N-dealkylation sites (tertiary alicyclic amines) is 1. The quantitative estimate of drug-likeness (QED) is 0.872. The number of nitrogens with one attached hydrogen (secondary N) is 1. The number of nitrogens with zero attached hydrogens (tertiary/aromatic N) is 1. The zero-order valence-electron chi connectivity index (χ0n) is 13.9. The van der Waals surface area contributed by atoms with Crippen LogP contribution in [-0.4, -0.2) is 35.2 Å². The Morgan fingerprint density at radius 2 is 2.17 bits per heavy atom. The number of thiophene rings is 1. The fourth-order valence-corrected chi connectivity index (χ4v) is 4.30. The first-order valence-electron chi connectivity index (χ1n) is 8.45. The molecule has 5 heteroatoms. The highest BCUT2D eigenvalue weighted by molar-refractivity contribution is 7.10. The van der Waals surface area contributed by atoms with E-state index in [1.165, 1.54) is 16.0 Å². The molecule has 2 amide bonds. The lowest BCUT2D eigenvalue weighted by Gasteiger charge is -2.27. The second-order valence-electron chi connectivity index (χ2n) is 6.33. The highest BCUT2D eigenvalue weighted by Crippen LogP contribution is 2.28. The van der Waals surface area contributed by atoms with Crippen molar-refractivity contribution in [2.75, 3.05) is 13.2 Å². The third-order valence-corrected chi connectivity index (χ3v) is 5.78. The van der Waals surface area contributed by atoms with Crippen molar-refractivity contribution in [2.24, 2.45) is 0 Å². The lowest BCUT2D eigenvalue weighted by atomic mass is 10.0. The molecular weight excluding hydrogens is 320 g/mol. The van der Waals surface area contributed by atoms with Gasteiger partial charge in [0.15, 0.2) is 0 Å². The fourth-order valence-electron chi connectivity index (χ4n) is 3.33. The Kier molecular flexibility index (Phi) is 5.53. The van der Waals surface area contributed by atoms with Crippen LogP contribution in [0.5, 0.6) is 0 Å². The molecule has 0 saturated carbocycles. The molecule has 24 heavy (non-hydrogen) atoms.